The number of aldehydes is 1. The van der Waals surface area contributed by atoms with E-state index in [1.54, 1.807) is 0 Å². The number of rotatable bonds is 3. The number of hydrogen-bond donors (Lipinski definition) is 0. The monoisotopic (exact) mass is 240 g/mol. The van der Waals surface area contributed by atoms with Gasteiger partial charge in [0.1, 0.15) is 12.1 Å². The van der Waals surface area contributed by atoms with E-state index in [0.717, 1.165) is 6.29 Å². The first-order chi connectivity index (χ1) is 8.70. The summed E-state index contributed by atoms with van der Waals surface area (Å²) in [6, 6.07) is 0. The third-order valence-corrected chi connectivity index (χ3v) is 3.53. The number of ketones is 1. The SMILES string of the molecule is CC(=O)C1C=CC=CC1(C=O)C1C=CC=CC=C1. The second-order valence-corrected chi connectivity index (χ2v) is 4.63. The largest absolute Gasteiger partial charge is 0.302 e. The molecule has 0 N–H and O–H groups in total. The molecule has 0 heterocycles. The summed E-state index contributed by atoms with van der Waals surface area (Å²) >= 11 is 0. The molecule has 0 spiro atoms. The summed E-state index contributed by atoms with van der Waals surface area (Å²) in [6.45, 7) is 1.54. The molecule has 0 bridgehead atoms. The minimum Gasteiger partial charge on any atom is -0.302 e. The molecule has 0 aromatic carbocycles. The normalized spacial score (nSPS) is 30.4. The van der Waals surface area contributed by atoms with Crippen LogP contribution in [0.25, 0.3) is 0 Å². The first-order valence-corrected chi connectivity index (χ1v) is 6.05. The molecule has 2 unspecified atom stereocenters. The van der Waals surface area contributed by atoms with Gasteiger partial charge in [0.15, 0.2) is 0 Å². The molecule has 0 aromatic rings. The van der Waals surface area contributed by atoms with Crippen molar-refractivity contribution in [3.8, 4) is 0 Å². The van der Waals surface area contributed by atoms with Crippen LogP contribution in [0, 0.1) is 17.3 Å². The summed E-state index contributed by atoms with van der Waals surface area (Å²) in [7, 11) is 0. The van der Waals surface area contributed by atoms with Gasteiger partial charge in [-0.1, -0.05) is 60.8 Å². The van der Waals surface area contributed by atoms with E-state index < -0.39 is 11.3 Å². The van der Waals surface area contributed by atoms with Crippen LogP contribution in [0.4, 0.5) is 0 Å². The molecule has 2 heteroatoms. The van der Waals surface area contributed by atoms with E-state index in [9.17, 15) is 9.59 Å². The van der Waals surface area contributed by atoms with Crippen molar-refractivity contribution in [2.45, 2.75) is 6.92 Å². The summed E-state index contributed by atoms with van der Waals surface area (Å²) < 4.78 is 0. The van der Waals surface area contributed by atoms with Gasteiger partial charge < -0.3 is 4.79 Å². The summed E-state index contributed by atoms with van der Waals surface area (Å²) in [5.41, 5.74) is -0.792. The molecule has 0 amide bonds. The third-order valence-electron chi connectivity index (χ3n) is 3.53. The molecule has 0 saturated carbocycles. The zero-order valence-corrected chi connectivity index (χ0v) is 10.3. The Labute approximate surface area is 107 Å². The second kappa shape index (κ2) is 5.13. The maximum Gasteiger partial charge on any atom is 0.138 e. The van der Waals surface area contributed by atoms with E-state index in [2.05, 4.69) is 0 Å². The Morgan fingerprint density at radius 1 is 1.00 bits per heavy atom. The zero-order valence-electron chi connectivity index (χ0n) is 10.3. The van der Waals surface area contributed by atoms with Crippen LogP contribution >= 0.6 is 0 Å². The van der Waals surface area contributed by atoms with E-state index in [-0.39, 0.29) is 11.7 Å². The number of Topliss-reactive ketones (excluding diaryl/α,β-unsaturated/α-hetero) is 1. The van der Waals surface area contributed by atoms with Gasteiger partial charge in [0.25, 0.3) is 0 Å². The number of allylic oxidation sites excluding steroid dienone is 10. The number of hydrogen-bond acceptors (Lipinski definition) is 2. The second-order valence-electron chi connectivity index (χ2n) is 4.63. The molecule has 18 heavy (non-hydrogen) atoms. The standard InChI is InChI=1S/C16H16O2/c1-13(18)15-10-6-7-11-16(15,12-17)14-8-4-2-3-5-9-14/h2-12,14-15H,1H3. The Hall–Kier alpha value is -1.96. The van der Waals surface area contributed by atoms with Gasteiger partial charge >= 0.3 is 0 Å². The van der Waals surface area contributed by atoms with Crippen LogP contribution in [0.2, 0.25) is 0 Å². The highest BCUT2D eigenvalue weighted by molar-refractivity contribution is 5.87. The molecular weight excluding hydrogens is 224 g/mol. The van der Waals surface area contributed by atoms with Crippen molar-refractivity contribution in [2.24, 2.45) is 17.3 Å². The van der Waals surface area contributed by atoms with Crippen LogP contribution in [0.5, 0.6) is 0 Å². The van der Waals surface area contributed by atoms with Crippen molar-refractivity contribution in [1.82, 2.24) is 0 Å². The molecule has 2 aliphatic carbocycles. The average Bonchev–Trinajstić information content (AvgIpc) is 2.67. The molecule has 0 saturated heterocycles. The fourth-order valence-electron chi connectivity index (χ4n) is 2.56. The predicted molar refractivity (Wildman–Crippen MR) is 71.9 cm³/mol. The maximum atomic E-state index is 11.8. The predicted octanol–water partition coefficient (Wildman–Crippen LogP) is 2.80. The van der Waals surface area contributed by atoms with Crippen molar-refractivity contribution in [3.63, 3.8) is 0 Å². The van der Waals surface area contributed by atoms with Crippen molar-refractivity contribution in [2.75, 3.05) is 0 Å². The van der Waals surface area contributed by atoms with Crippen LogP contribution in [0.3, 0.4) is 0 Å². The zero-order chi connectivity index (χ0) is 13.0. The summed E-state index contributed by atoms with van der Waals surface area (Å²) in [4.78, 5) is 23.5. The van der Waals surface area contributed by atoms with Gasteiger partial charge in [-0.2, -0.15) is 0 Å². The fraction of sp³-hybridized carbons (Fsp3) is 0.250. The third kappa shape index (κ3) is 2.06. The van der Waals surface area contributed by atoms with E-state index in [0.29, 0.717) is 0 Å². The van der Waals surface area contributed by atoms with Crippen LogP contribution in [0.1, 0.15) is 6.92 Å². The highest BCUT2D eigenvalue weighted by atomic mass is 16.1. The molecule has 2 nitrogen and oxygen atoms in total. The minimum absolute atomic E-state index is 0.0155. The van der Waals surface area contributed by atoms with Gasteiger partial charge in [0.2, 0.25) is 0 Å². The Morgan fingerprint density at radius 2 is 1.61 bits per heavy atom. The van der Waals surface area contributed by atoms with Crippen LogP contribution < -0.4 is 0 Å². The van der Waals surface area contributed by atoms with Crippen molar-refractivity contribution in [3.05, 3.63) is 60.8 Å². The molecule has 0 aliphatic heterocycles. The van der Waals surface area contributed by atoms with Gasteiger partial charge in [0, 0.05) is 5.92 Å². The summed E-state index contributed by atoms with van der Waals surface area (Å²) in [6.07, 6.45) is 19.8. The highest BCUT2D eigenvalue weighted by Gasteiger charge is 2.43. The lowest BCUT2D eigenvalue weighted by molar-refractivity contribution is -0.128. The quantitative estimate of drug-likeness (QED) is 0.711. The molecule has 92 valence electrons. The Bertz CT molecular complexity index is 475. The van der Waals surface area contributed by atoms with E-state index in [1.807, 2.05) is 60.8 Å². The first kappa shape index (κ1) is 12.5. The molecule has 2 aliphatic rings. The van der Waals surface area contributed by atoms with Crippen molar-refractivity contribution >= 4 is 12.1 Å². The molecule has 0 fully saturated rings. The minimum atomic E-state index is -0.792. The van der Waals surface area contributed by atoms with Gasteiger partial charge in [-0.15, -0.1) is 0 Å². The smallest absolute Gasteiger partial charge is 0.138 e. The van der Waals surface area contributed by atoms with Gasteiger partial charge in [-0.3, -0.25) is 4.79 Å². The molecule has 2 atom stereocenters. The summed E-state index contributed by atoms with van der Waals surface area (Å²) in [5, 5.41) is 0. The Kier molecular flexibility index (Phi) is 3.56. The fourth-order valence-corrected chi connectivity index (χ4v) is 2.56. The first-order valence-electron chi connectivity index (χ1n) is 6.05. The number of carbonyl (C=O) groups is 2. The van der Waals surface area contributed by atoms with E-state index in [4.69, 9.17) is 0 Å². The molecule has 0 aromatic heterocycles. The summed E-state index contributed by atoms with van der Waals surface area (Å²) in [5.74, 6) is -0.473. The van der Waals surface area contributed by atoms with Crippen molar-refractivity contribution in [1.29, 1.82) is 0 Å². The average molecular weight is 240 g/mol. The lowest BCUT2D eigenvalue weighted by atomic mass is 9.64. The lowest BCUT2D eigenvalue weighted by Crippen LogP contribution is -2.40. The highest BCUT2D eigenvalue weighted by Crippen LogP contribution is 2.41. The lowest BCUT2D eigenvalue weighted by Gasteiger charge is -2.36. The van der Waals surface area contributed by atoms with Gasteiger partial charge in [-0.25, -0.2) is 0 Å². The van der Waals surface area contributed by atoms with E-state index >= 15 is 0 Å². The maximum absolute atomic E-state index is 11.8. The molecular formula is C16H16O2. The Balaban J connectivity index is 2.46. The van der Waals surface area contributed by atoms with Gasteiger partial charge in [0.05, 0.1) is 11.3 Å². The van der Waals surface area contributed by atoms with E-state index in [1.165, 1.54) is 6.92 Å². The van der Waals surface area contributed by atoms with Crippen molar-refractivity contribution < 1.29 is 9.59 Å². The number of carbonyl (C=O) groups excluding carboxylic acids is 2. The molecule has 0 radical (unpaired) electrons. The van der Waals surface area contributed by atoms with Crippen LogP contribution in [0.15, 0.2) is 60.8 Å². The van der Waals surface area contributed by atoms with Crippen LogP contribution in [-0.2, 0) is 9.59 Å². The van der Waals surface area contributed by atoms with Crippen LogP contribution in [-0.4, -0.2) is 12.1 Å². The van der Waals surface area contributed by atoms with Gasteiger partial charge in [-0.05, 0) is 6.92 Å². The topological polar surface area (TPSA) is 34.1 Å². The molecule has 2 rings (SSSR count). The Morgan fingerprint density at radius 3 is 2.17 bits per heavy atom.